The van der Waals surface area contributed by atoms with Crippen molar-refractivity contribution >= 4 is 33.8 Å². The number of benzene rings is 1. The Kier molecular flexibility index (Phi) is 7.55. The van der Waals surface area contributed by atoms with Crippen molar-refractivity contribution < 1.29 is 9.59 Å². The normalized spacial score (nSPS) is 19.4. The summed E-state index contributed by atoms with van der Waals surface area (Å²) in [6.07, 6.45) is 7.71. The van der Waals surface area contributed by atoms with Crippen LogP contribution in [0.3, 0.4) is 0 Å². The van der Waals surface area contributed by atoms with Crippen LogP contribution in [0.2, 0.25) is 0 Å². The molecule has 6 heteroatoms. The summed E-state index contributed by atoms with van der Waals surface area (Å²) in [5.41, 5.74) is 2.78. The van der Waals surface area contributed by atoms with Gasteiger partial charge in [0.25, 0.3) is 5.91 Å². The number of fused-ring (bicyclic) bond motifs is 1. The van der Waals surface area contributed by atoms with Gasteiger partial charge < -0.3 is 10.6 Å². The van der Waals surface area contributed by atoms with Crippen LogP contribution in [0.4, 0.5) is 10.7 Å². The Labute approximate surface area is 202 Å². The topological polar surface area (TPSA) is 61.4 Å². The maximum Gasteiger partial charge on any atom is 0.258 e. The van der Waals surface area contributed by atoms with Crippen molar-refractivity contribution in [2.24, 2.45) is 11.3 Å². The van der Waals surface area contributed by atoms with Crippen LogP contribution in [-0.4, -0.2) is 36.3 Å². The number of hydrogen-bond acceptors (Lipinski definition) is 4. The van der Waals surface area contributed by atoms with Crippen molar-refractivity contribution in [3.05, 3.63) is 46.3 Å². The van der Waals surface area contributed by atoms with E-state index in [4.69, 9.17) is 0 Å². The minimum Gasteiger partial charge on any atom is -0.322 e. The van der Waals surface area contributed by atoms with E-state index in [-0.39, 0.29) is 17.2 Å². The number of thiophene rings is 1. The van der Waals surface area contributed by atoms with Crippen LogP contribution in [0.15, 0.2) is 30.3 Å². The molecule has 2 heterocycles. The van der Waals surface area contributed by atoms with E-state index >= 15 is 0 Å². The molecule has 2 aliphatic rings. The van der Waals surface area contributed by atoms with Gasteiger partial charge in [-0.1, -0.05) is 51.8 Å². The molecule has 0 spiro atoms. The average molecular weight is 468 g/mol. The number of carbonyl (C=O) groups excluding carboxylic acids is 2. The summed E-state index contributed by atoms with van der Waals surface area (Å²) in [6.45, 7) is 9.23. The molecule has 5 nitrogen and oxygen atoms in total. The second kappa shape index (κ2) is 10.4. The molecular formula is C27H37N3O2S. The SMILES string of the molecule is CC(C)(C)[C@@H]1CCc2c(sc(NC(=O)CN3CCCCCC3)c2C(=O)Nc2ccccc2)C1. The maximum atomic E-state index is 13.4. The number of anilines is 2. The van der Waals surface area contributed by atoms with Crippen molar-refractivity contribution in [3.8, 4) is 0 Å². The van der Waals surface area contributed by atoms with E-state index in [9.17, 15) is 9.59 Å². The summed E-state index contributed by atoms with van der Waals surface area (Å²) >= 11 is 1.60. The molecule has 0 unspecified atom stereocenters. The number of carbonyl (C=O) groups is 2. The number of amides is 2. The lowest BCUT2D eigenvalue weighted by molar-refractivity contribution is -0.117. The number of hydrogen-bond donors (Lipinski definition) is 2. The first-order valence-corrected chi connectivity index (χ1v) is 13.2. The highest BCUT2D eigenvalue weighted by Crippen LogP contribution is 2.44. The van der Waals surface area contributed by atoms with E-state index in [0.717, 1.165) is 56.4 Å². The van der Waals surface area contributed by atoms with E-state index in [1.807, 2.05) is 30.3 Å². The quantitative estimate of drug-likeness (QED) is 0.570. The average Bonchev–Trinajstić information content (AvgIpc) is 2.92. The number of rotatable bonds is 5. The maximum absolute atomic E-state index is 13.4. The fourth-order valence-electron chi connectivity index (χ4n) is 5.03. The summed E-state index contributed by atoms with van der Waals surface area (Å²) < 4.78 is 0. The Bertz CT molecular complexity index is 969. The lowest BCUT2D eigenvalue weighted by Gasteiger charge is -2.33. The van der Waals surface area contributed by atoms with Gasteiger partial charge >= 0.3 is 0 Å². The van der Waals surface area contributed by atoms with Gasteiger partial charge in [-0.15, -0.1) is 11.3 Å². The van der Waals surface area contributed by atoms with Gasteiger partial charge in [0.2, 0.25) is 5.91 Å². The summed E-state index contributed by atoms with van der Waals surface area (Å²) in [5.74, 6) is 0.434. The first kappa shape index (κ1) is 24.0. The highest BCUT2D eigenvalue weighted by molar-refractivity contribution is 7.17. The number of nitrogens with zero attached hydrogens (tertiary/aromatic N) is 1. The van der Waals surface area contributed by atoms with Gasteiger partial charge in [-0.2, -0.15) is 0 Å². The van der Waals surface area contributed by atoms with E-state index in [0.29, 0.717) is 23.0 Å². The van der Waals surface area contributed by atoms with Crippen LogP contribution in [0.1, 0.15) is 73.7 Å². The Morgan fingerprint density at radius 2 is 1.73 bits per heavy atom. The molecular weight excluding hydrogens is 430 g/mol. The minimum absolute atomic E-state index is 0.0170. The molecule has 33 heavy (non-hydrogen) atoms. The molecule has 2 aromatic rings. The Balaban J connectivity index is 1.57. The van der Waals surface area contributed by atoms with E-state index in [1.54, 1.807) is 11.3 Å². The van der Waals surface area contributed by atoms with Crippen LogP contribution >= 0.6 is 11.3 Å². The smallest absolute Gasteiger partial charge is 0.258 e. The first-order valence-electron chi connectivity index (χ1n) is 12.3. The van der Waals surface area contributed by atoms with Gasteiger partial charge in [-0.05, 0) is 74.2 Å². The Morgan fingerprint density at radius 3 is 2.39 bits per heavy atom. The molecule has 1 saturated heterocycles. The zero-order valence-electron chi connectivity index (χ0n) is 20.2. The van der Waals surface area contributed by atoms with Gasteiger partial charge in [0.15, 0.2) is 0 Å². The molecule has 1 fully saturated rings. The molecule has 1 aliphatic carbocycles. The van der Waals surface area contributed by atoms with Crippen LogP contribution in [-0.2, 0) is 17.6 Å². The van der Waals surface area contributed by atoms with Gasteiger partial charge in [0.1, 0.15) is 5.00 Å². The predicted octanol–water partition coefficient (Wildman–Crippen LogP) is 5.97. The van der Waals surface area contributed by atoms with Crippen molar-refractivity contribution in [2.75, 3.05) is 30.3 Å². The largest absolute Gasteiger partial charge is 0.322 e. The van der Waals surface area contributed by atoms with Crippen LogP contribution in [0.25, 0.3) is 0 Å². The zero-order chi connectivity index (χ0) is 23.4. The number of para-hydroxylation sites is 1. The standard InChI is InChI=1S/C27H37N3O2S/c1-27(2,3)19-13-14-21-22(17-19)33-26(24(21)25(32)28-20-11-7-6-8-12-20)29-23(31)18-30-15-9-4-5-10-16-30/h6-8,11-12,19H,4-5,9-10,13-18H2,1-3H3,(H,28,32)(H,29,31)/t19-/m1/s1. The van der Waals surface area contributed by atoms with Crippen LogP contribution < -0.4 is 10.6 Å². The summed E-state index contributed by atoms with van der Waals surface area (Å²) in [6, 6.07) is 9.55. The first-order chi connectivity index (χ1) is 15.8. The van der Waals surface area contributed by atoms with Crippen molar-refractivity contribution in [3.63, 3.8) is 0 Å². The lowest BCUT2D eigenvalue weighted by atomic mass is 9.72. The predicted molar refractivity (Wildman–Crippen MR) is 137 cm³/mol. The highest BCUT2D eigenvalue weighted by atomic mass is 32.1. The van der Waals surface area contributed by atoms with E-state index in [1.165, 1.54) is 17.7 Å². The number of nitrogens with one attached hydrogen (secondary N) is 2. The molecule has 2 N–H and O–H groups in total. The third-order valence-electron chi connectivity index (χ3n) is 7.07. The Morgan fingerprint density at radius 1 is 1.03 bits per heavy atom. The molecule has 1 aromatic heterocycles. The second-order valence-corrected chi connectivity index (χ2v) is 11.7. The second-order valence-electron chi connectivity index (χ2n) is 10.6. The fraction of sp³-hybridized carbons (Fsp3) is 0.556. The Hall–Kier alpha value is -2.18. The molecule has 178 valence electrons. The molecule has 1 atom stereocenters. The van der Waals surface area contributed by atoms with Gasteiger partial charge in [0, 0.05) is 10.6 Å². The summed E-state index contributed by atoms with van der Waals surface area (Å²) in [7, 11) is 0. The van der Waals surface area contributed by atoms with Gasteiger partial charge in [-0.25, -0.2) is 0 Å². The van der Waals surface area contributed by atoms with Gasteiger partial charge in [-0.3, -0.25) is 14.5 Å². The van der Waals surface area contributed by atoms with E-state index < -0.39 is 0 Å². The van der Waals surface area contributed by atoms with Crippen molar-refractivity contribution in [1.82, 2.24) is 4.90 Å². The molecule has 4 rings (SSSR count). The van der Waals surface area contributed by atoms with Crippen LogP contribution in [0.5, 0.6) is 0 Å². The summed E-state index contributed by atoms with van der Waals surface area (Å²) in [4.78, 5) is 29.9. The van der Waals surface area contributed by atoms with Crippen LogP contribution in [0, 0.1) is 11.3 Å². The van der Waals surface area contributed by atoms with Gasteiger partial charge in [0.05, 0.1) is 12.1 Å². The fourth-order valence-corrected chi connectivity index (χ4v) is 6.37. The number of likely N-dealkylation sites (tertiary alicyclic amines) is 1. The summed E-state index contributed by atoms with van der Waals surface area (Å²) in [5, 5.41) is 6.89. The third kappa shape index (κ3) is 6.04. The lowest BCUT2D eigenvalue weighted by Crippen LogP contribution is -2.34. The molecule has 1 aromatic carbocycles. The molecule has 2 amide bonds. The van der Waals surface area contributed by atoms with E-state index in [2.05, 4.69) is 36.3 Å². The molecule has 0 radical (unpaired) electrons. The third-order valence-corrected chi connectivity index (χ3v) is 8.24. The van der Waals surface area contributed by atoms with Crippen molar-refractivity contribution in [1.29, 1.82) is 0 Å². The van der Waals surface area contributed by atoms with Crippen molar-refractivity contribution in [2.45, 2.75) is 65.7 Å². The molecule has 0 bridgehead atoms. The molecule has 0 saturated carbocycles. The highest BCUT2D eigenvalue weighted by Gasteiger charge is 2.34. The monoisotopic (exact) mass is 467 g/mol. The zero-order valence-corrected chi connectivity index (χ0v) is 21.0. The minimum atomic E-state index is -0.127. The molecule has 1 aliphatic heterocycles.